The van der Waals surface area contributed by atoms with Crippen molar-refractivity contribution in [3.8, 4) is 0 Å². The van der Waals surface area contributed by atoms with Gasteiger partial charge in [0.25, 0.3) is 0 Å². The lowest BCUT2D eigenvalue weighted by atomic mass is 10.1. The van der Waals surface area contributed by atoms with E-state index in [4.69, 9.17) is 5.14 Å². The molecule has 1 saturated heterocycles. The Morgan fingerprint density at radius 2 is 1.84 bits per heavy atom. The Bertz CT molecular complexity index is 1200. The van der Waals surface area contributed by atoms with Crippen LogP contribution in [0.4, 0.5) is 5.82 Å². The number of benzene rings is 1. The van der Waals surface area contributed by atoms with Crippen molar-refractivity contribution in [3.63, 3.8) is 0 Å². The van der Waals surface area contributed by atoms with E-state index in [2.05, 4.69) is 30.2 Å². The molecule has 1 fully saturated rings. The van der Waals surface area contributed by atoms with Crippen LogP contribution in [0.3, 0.4) is 0 Å². The van der Waals surface area contributed by atoms with Crippen LogP contribution in [0.2, 0.25) is 0 Å². The van der Waals surface area contributed by atoms with Gasteiger partial charge in [0.2, 0.25) is 15.9 Å². The average Bonchev–Trinajstić information content (AvgIpc) is 3.15. The van der Waals surface area contributed by atoms with Crippen LogP contribution in [-0.4, -0.2) is 78.2 Å². The first-order valence-electron chi connectivity index (χ1n) is 10.3. The third-order valence-electron chi connectivity index (χ3n) is 5.54. The fourth-order valence-corrected chi connectivity index (χ4v) is 4.29. The van der Waals surface area contributed by atoms with Crippen molar-refractivity contribution in [1.82, 2.24) is 30.0 Å². The Morgan fingerprint density at radius 1 is 1.12 bits per heavy atom. The molecule has 4 rings (SSSR count). The minimum absolute atomic E-state index is 0.0312. The van der Waals surface area contributed by atoms with Crippen LogP contribution in [0.25, 0.3) is 11.0 Å². The molecule has 11 nitrogen and oxygen atoms in total. The summed E-state index contributed by atoms with van der Waals surface area (Å²) in [5, 5.41) is 13.2. The van der Waals surface area contributed by atoms with E-state index in [9.17, 15) is 13.2 Å². The molecule has 0 spiro atoms. The summed E-state index contributed by atoms with van der Waals surface area (Å²) in [5.41, 5.74) is 1.73. The molecule has 0 radical (unpaired) electrons. The molecule has 3 N–H and O–H groups in total. The summed E-state index contributed by atoms with van der Waals surface area (Å²) < 4.78 is 24.3. The zero-order chi connectivity index (χ0) is 22.7. The van der Waals surface area contributed by atoms with Crippen LogP contribution in [-0.2, 0) is 28.3 Å². The van der Waals surface area contributed by atoms with Gasteiger partial charge in [-0.25, -0.2) is 23.5 Å². The molecule has 1 aliphatic heterocycles. The summed E-state index contributed by atoms with van der Waals surface area (Å²) in [6.45, 7) is 3.87. The van der Waals surface area contributed by atoms with Crippen molar-refractivity contribution < 1.29 is 13.2 Å². The Labute approximate surface area is 186 Å². The molecule has 1 amide bonds. The Balaban J connectivity index is 1.22. The van der Waals surface area contributed by atoms with Crippen LogP contribution >= 0.6 is 0 Å². The van der Waals surface area contributed by atoms with Gasteiger partial charge in [0, 0.05) is 39.8 Å². The highest BCUT2D eigenvalue weighted by Crippen LogP contribution is 2.23. The molecule has 1 aromatic carbocycles. The first kappa shape index (κ1) is 22.1. The molecule has 3 heterocycles. The maximum atomic E-state index is 12.3. The van der Waals surface area contributed by atoms with Crippen LogP contribution in [0.15, 0.2) is 41.7 Å². The van der Waals surface area contributed by atoms with Crippen molar-refractivity contribution in [2.45, 2.75) is 11.3 Å². The molecule has 0 saturated carbocycles. The van der Waals surface area contributed by atoms with Crippen LogP contribution in [0.1, 0.15) is 5.56 Å². The topological polar surface area (TPSA) is 139 Å². The predicted molar refractivity (Wildman–Crippen MR) is 119 cm³/mol. The van der Waals surface area contributed by atoms with Crippen LogP contribution < -0.4 is 15.4 Å². The Hall–Kier alpha value is -3.09. The van der Waals surface area contributed by atoms with Crippen LogP contribution in [0, 0.1) is 0 Å². The number of carbonyl (C=O) groups is 1. The third-order valence-corrected chi connectivity index (χ3v) is 6.46. The molecule has 0 bridgehead atoms. The molecule has 0 aliphatic carbocycles. The van der Waals surface area contributed by atoms with E-state index >= 15 is 0 Å². The minimum Gasteiger partial charge on any atom is -0.355 e. The zero-order valence-corrected chi connectivity index (χ0v) is 18.6. The lowest BCUT2D eigenvalue weighted by Crippen LogP contribution is -2.50. The van der Waals surface area contributed by atoms with Gasteiger partial charge in [0.1, 0.15) is 12.1 Å². The monoisotopic (exact) mass is 458 g/mol. The standard InChI is InChI=1S/C20H26N8O3S/c1-26-19-17(12-25-26)20(24-14-23-19)28-10-8-27(9-11-28)13-18(29)22-7-6-15-2-4-16(5-3-15)32(21,30)31/h2-5,12,14H,6-11,13H2,1H3,(H,22,29)(H2,21,30,31). The van der Waals surface area contributed by atoms with Gasteiger partial charge in [-0.2, -0.15) is 5.10 Å². The second-order valence-electron chi connectivity index (χ2n) is 7.75. The van der Waals surface area contributed by atoms with Gasteiger partial charge in [-0.3, -0.25) is 14.4 Å². The second kappa shape index (κ2) is 9.18. The van der Waals surface area contributed by atoms with Crippen molar-refractivity contribution >= 4 is 32.8 Å². The normalized spacial score (nSPS) is 15.2. The number of primary sulfonamides is 1. The number of hydrogen-bond donors (Lipinski definition) is 2. The summed E-state index contributed by atoms with van der Waals surface area (Å²) in [5.74, 6) is 0.844. The van der Waals surface area contributed by atoms with Crippen molar-refractivity contribution in [2.24, 2.45) is 12.2 Å². The molecular formula is C20H26N8O3S. The number of amides is 1. The van der Waals surface area contributed by atoms with Gasteiger partial charge in [-0.15, -0.1) is 0 Å². The first-order chi connectivity index (χ1) is 15.3. The summed E-state index contributed by atoms with van der Waals surface area (Å²) in [6, 6.07) is 6.36. The third kappa shape index (κ3) is 5.03. The van der Waals surface area contributed by atoms with E-state index in [0.29, 0.717) is 19.5 Å². The number of carbonyl (C=O) groups excluding carboxylic acids is 1. The minimum atomic E-state index is -3.69. The van der Waals surface area contributed by atoms with E-state index in [1.54, 1.807) is 29.3 Å². The SMILES string of the molecule is Cn1ncc2c(N3CCN(CC(=O)NCCc4ccc(S(N)(=O)=O)cc4)CC3)ncnc21. The molecule has 0 unspecified atom stereocenters. The van der Waals surface area contributed by atoms with E-state index < -0.39 is 10.0 Å². The maximum Gasteiger partial charge on any atom is 0.238 e. The molecule has 3 aromatic rings. The lowest BCUT2D eigenvalue weighted by molar-refractivity contribution is -0.122. The number of nitrogens with zero attached hydrogens (tertiary/aromatic N) is 6. The Morgan fingerprint density at radius 3 is 2.53 bits per heavy atom. The molecule has 32 heavy (non-hydrogen) atoms. The highest BCUT2D eigenvalue weighted by molar-refractivity contribution is 7.89. The van der Waals surface area contributed by atoms with E-state index in [1.165, 1.54) is 12.1 Å². The molecular weight excluding hydrogens is 432 g/mol. The quantitative estimate of drug-likeness (QED) is 0.483. The molecule has 0 atom stereocenters. The van der Waals surface area contributed by atoms with Gasteiger partial charge in [-0.1, -0.05) is 12.1 Å². The van der Waals surface area contributed by atoms with Gasteiger partial charge in [0.05, 0.1) is 23.0 Å². The number of fused-ring (bicyclic) bond motifs is 1. The number of nitrogens with one attached hydrogen (secondary N) is 1. The number of anilines is 1. The number of aromatic nitrogens is 4. The smallest absolute Gasteiger partial charge is 0.238 e. The number of hydrogen-bond acceptors (Lipinski definition) is 8. The van der Waals surface area contributed by atoms with E-state index in [0.717, 1.165) is 48.6 Å². The highest BCUT2D eigenvalue weighted by Gasteiger charge is 2.22. The molecule has 170 valence electrons. The van der Waals surface area contributed by atoms with Gasteiger partial charge in [-0.05, 0) is 24.1 Å². The predicted octanol–water partition coefficient (Wildman–Crippen LogP) is -0.508. The number of sulfonamides is 1. The summed E-state index contributed by atoms with van der Waals surface area (Å²) in [6.07, 6.45) is 3.95. The number of aryl methyl sites for hydroxylation is 1. The first-order valence-corrected chi connectivity index (χ1v) is 11.8. The maximum absolute atomic E-state index is 12.3. The van der Waals surface area contributed by atoms with Crippen LogP contribution in [0.5, 0.6) is 0 Å². The van der Waals surface area contributed by atoms with Gasteiger partial charge >= 0.3 is 0 Å². The van der Waals surface area contributed by atoms with Gasteiger partial charge < -0.3 is 10.2 Å². The largest absolute Gasteiger partial charge is 0.355 e. The summed E-state index contributed by atoms with van der Waals surface area (Å²) >= 11 is 0. The molecule has 12 heteroatoms. The second-order valence-corrected chi connectivity index (χ2v) is 9.32. The van der Waals surface area contributed by atoms with Crippen molar-refractivity contribution in [3.05, 3.63) is 42.4 Å². The Kier molecular flexibility index (Phi) is 6.35. The van der Waals surface area contributed by atoms with Crippen molar-refractivity contribution in [2.75, 3.05) is 44.2 Å². The zero-order valence-electron chi connectivity index (χ0n) is 17.8. The fraction of sp³-hybridized carbons (Fsp3) is 0.400. The number of piperazine rings is 1. The fourth-order valence-electron chi connectivity index (χ4n) is 3.77. The number of rotatable bonds is 7. The van der Waals surface area contributed by atoms with E-state index in [-0.39, 0.29) is 10.8 Å². The summed E-state index contributed by atoms with van der Waals surface area (Å²) in [4.78, 5) is 25.4. The average molecular weight is 459 g/mol. The lowest BCUT2D eigenvalue weighted by Gasteiger charge is -2.35. The highest BCUT2D eigenvalue weighted by atomic mass is 32.2. The van der Waals surface area contributed by atoms with Gasteiger partial charge in [0.15, 0.2) is 5.65 Å². The molecule has 2 aromatic heterocycles. The summed E-state index contributed by atoms with van der Waals surface area (Å²) in [7, 11) is -1.84. The van der Waals surface area contributed by atoms with Crippen molar-refractivity contribution in [1.29, 1.82) is 0 Å². The number of nitrogens with two attached hydrogens (primary N) is 1. The van der Waals surface area contributed by atoms with E-state index in [1.807, 2.05) is 7.05 Å². The molecule has 1 aliphatic rings.